The monoisotopic (exact) mass is 286 g/mol. The molecule has 2 rings (SSSR count). The first-order valence-electron chi connectivity index (χ1n) is 6.03. The second-order valence-corrected chi connectivity index (χ2v) is 5.47. The van der Waals surface area contributed by atoms with E-state index >= 15 is 0 Å². The van der Waals surface area contributed by atoms with Crippen LogP contribution in [0.15, 0.2) is 18.2 Å². The van der Waals surface area contributed by atoms with Gasteiger partial charge in [0, 0.05) is 11.8 Å². The zero-order valence-corrected chi connectivity index (χ0v) is 11.6. The zero-order chi connectivity index (χ0) is 14.0. The molecule has 0 radical (unpaired) electrons. The Bertz CT molecular complexity index is 484. The van der Waals surface area contributed by atoms with Crippen molar-refractivity contribution < 1.29 is 13.6 Å². The summed E-state index contributed by atoms with van der Waals surface area (Å²) in [6.07, 6.45) is 1.58. The number of hydrogen-bond acceptors (Lipinski definition) is 3. The minimum Gasteiger partial charge on any atom is -0.318 e. The summed E-state index contributed by atoms with van der Waals surface area (Å²) in [6.45, 7) is 2.18. The van der Waals surface area contributed by atoms with Crippen LogP contribution in [0.25, 0.3) is 0 Å². The summed E-state index contributed by atoms with van der Waals surface area (Å²) in [7, 11) is 0. The van der Waals surface area contributed by atoms with Crippen LogP contribution in [0.5, 0.6) is 0 Å². The van der Waals surface area contributed by atoms with E-state index in [-0.39, 0.29) is 24.7 Å². The fourth-order valence-corrected chi connectivity index (χ4v) is 2.94. The molecular weight excluding hydrogens is 270 g/mol. The van der Waals surface area contributed by atoms with Gasteiger partial charge in [0.1, 0.15) is 6.17 Å². The number of thioether (sulfide) groups is 1. The van der Waals surface area contributed by atoms with Gasteiger partial charge in [-0.2, -0.15) is 11.8 Å². The lowest BCUT2D eigenvalue weighted by Gasteiger charge is -2.30. The number of nitrogens with zero attached hydrogens (tertiary/aromatic N) is 1. The van der Waals surface area contributed by atoms with Gasteiger partial charge < -0.3 is 4.90 Å². The minimum absolute atomic E-state index is 0.0173. The normalized spacial score (nSPS) is 20.9. The van der Waals surface area contributed by atoms with E-state index in [0.717, 1.165) is 17.9 Å². The molecule has 1 aromatic rings. The van der Waals surface area contributed by atoms with Gasteiger partial charge in [-0.3, -0.25) is 10.1 Å². The third kappa shape index (κ3) is 2.90. The second-order valence-electron chi connectivity index (χ2n) is 4.56. The van der Waals surface area contributed by atoms with E-state index in [2.05, 4.69) is 5.32 Å². The van der Waals surface area contributed by atoms with Crippen LogP contribution in [0, 0.1) is 11.6 Å². The maximum Gasteiger partial charge on any atom is 0.238 e. The molecule has 1 aliphatic rings. The van der Waals surface area contributed by atoms with Crippen molar-refractivity contribution in [1.82, 2.24) is 10.2 Å². The van der Waals surface area contributed by atoms with Crippen molar-refractivity contribution in [3.63, 3.8) is 0 Å². The molecule has 0 aliphatic carbocycles. The molecule has 1 amide bonds. The molecule has 6 heteroatoms. The number of carbonyl (C=O) groups is 1. The molecule has 1 fully saturated rings. The highest BCUT2D eigenvalue weighted by molar-refractivity contribution is 7.98. The standard InChI is InChI=1S/C13H16F2N2OS/c1-8(7-19-2)17-12(18)6-16-13(17)9-3-4-10(14)11(15)5-9/h3-5,8,13,16H,6-7H2,1-2H3. The van der Waals surface area contributed by atoms with Crippen molar-refractivity contribution in [2.45, 2.75) is 19.1 Å². The van der Waals surface area contributed by atoms with Gasteiger partial charge in [0.2, 0.25) is 5.91 Å². The van der Waals surface area contributed by atoms with E-state index in [0.29, 0.717) is 5.56 Å². The highest BCUT2D eigenvalue weighted by Gasteiger charge is 2.34. The molecule has 104 valence electrons. The van der Waals surface area contributed by atoms with Crippen molar-refractivity contribution >= 4 is 17.7 Å². The Hall–Kier alpha value is -1.14. The SMILES string of the molecule is CSCC(C)N1C(=O)CNC1c1ccc(F)c(F)c1. The van der Waals surface area contributed by atoms with Gasteiger partial charge in [0.05, 0.1) is 6.54 Å². The molecule has 1 saturated heterocycles. The molecular formula is C13H16F2N2OS. The number of hydrogen-bond donors (Lipinski definition) is 1. The largest absolute Gasteiger partial charge is 0.318 e. The summed E-state index contributed by atoms with van der Waals surface area (Å²) in [5, 5.41) is 3.04. The van der Waals surface area contributed by atoms with Gasteiger partial charge in [-0.05, 0) is 30.9 Å². The average molecular weight is 286 g/mol. The van der Waals surface area contributed by atoms with E-state index in [4.69, 9.17) is 0 Å². The van der Waals surface area contributed by atoms with Crippen LogP contribution in [-0.2, 0) is 4.79 Å². The molecule has 1 aliphatic heterocycles. The summed E-state index contributed by atoms with van der Waals surface area (Å²) < 4.78 is 26.3. The summed E-state index contributed by atoms with van der Waals surface area (Å²) in [5.74, 6) is -0.989. The van der Waals surface area contributed by atoms with E-state index in [9.17, 15) is 13.6 Å². The van der Waals surface area contributed by atoms with Crippen molar-refractivity contribution in [3.8, 4) is 0 Å². The fourth-order valence-electron chi connectivity index (χ4n) is 2.30. The molecule has 0 spiro atoms. The van der Waals surface area contributed by atoms with Gasteiger partial charge in [0.25, 0.3) is 0 Å². The Morgan fingerprint density at radius 3 is 2.84 bits per heavy atom. The average Bonchev–Trinajstić information content (AvgIpc) is 2.75. The van der Waals surface area contributed by atoms with E-state index in [1.165, 1.54) is 6.07 Å². The topological polar surface area (TPSA) is 32.3 Å². The van der Waals surface area contributed by atoms with Crippen molar-refractivity contribution in [3.05, 3.63) is 35.4 Å². The number of benzene rings is 1. The Balaban J connectivity index is 2.26. The van der Waals surface area contributed by atoms with Crippen LogP contribution in [-0.4, -0.2) is 35.4 Å². The van der Waals surface area contributed by atoms with Crippen molar-refractivity contribution in [2.75, 3.05) is 18.6 Å². The first kappa shape index (κ1) is 14.3. The second kappa shape index (κ2) is 5.88. The minimum atomic E-state index is -0.892. The molecule has 1 heterocycles. The molecule has 0 aromatic heterocycles. The predicted molar refractivity (Wildman–Crippen MR) is 71.8 cm³/mol. The van der Waals surface area contributed by atoms with E-state index in [1.807, 2.05) is 13.2 Å². The third-order valence-corrected chi connectivity index (χ3v) is 3.97. The molecule has 0 bridgehead atoms. The molecule has 0 saturated carbocycles. The lowest BCUT2D eigenvalue weighted by atomic mass is 10.1. The van der Waals surface area contributed by atoms with Crippen molar-refractivity contribution in [2.24, 2.45) is 0 Å². The maximum absolute atomic E-state index is 13.3. The van der Waals surface area contributed by atoms with Gasteiger partial charge in [-0.25, -0.2) is 8.78 Å². The fraction of sp³-hybridized carbons (Fsp3) is 0.462. The molecule has 2 atom stereocenters. The van der Waals surface area contributed by atoms with Crippen LogP contribution in [0.2, 0.25) is 0 Å². The molecule has 1 N–H and O–H groups in total. The Labute approximate surface area is 115 Å². The van der Waals surface area contributed by atoms with Gasteiger partial charge >= 0.3 is 0 Å². The first-order valence-corrected chi connectivity index (χ1v) is 7.42. The quantitative estimate of drug-likeness (QED) is 0.920. The predicted octanol–water partition coefficient (Wildman–Crippen LogP) is 2.15. The smallest absolute Gasteiger partial charge is 0.238 e. The van der Waals surface area contributed by atoms with Crippen molar-refractivity contribution in [1.29, 1.82) is 0 Å². The van der Waals surface area contributed by atoms with E-state index in [1.54, 1.807) is 16.7 Å². The van der Waals surface area contributed by atoms with Gasteiger partial charge in [0.15, 0.2) is 11.6 Å². The summed E-state index contributed by atoms with van der Waals surface area (Å²) >= 11 is 1.65. The van der Waals surface area contributed by atoms with Crippen LogP contribution < -0.4 is 5.32 Å². The van der Waals surface area contributed by atoms with Crippen LogP contribution in [0.4, 0.5) is 8.78 Å². The van der Waals surface area contributed by atoms with Gasteiger partial charge in [-0.1, -0.05) is 6.07 Å². The highest BCUT2D eigenvalue weighted by atomic mass is 32.2. The molecule has 1 aromatic carbocycles. The Morgan fingerprint density at radius 2 is 2.21 bits per heavy atom. The number of rotatable bonds is 4. The Kier molecular flexibility index (Phi) is 4.42. The molecule has 2 unspecified atom stereocenters. The zero-order valence-electron chi connectivity index (χ0n) is 10.8. The summed E-state index contributed by atoms with van der Waals surface area (Å²) in [4.78, 5) is 13.6. The van der Waals surface area contributed by atoms with Crippen LogP contribution in [0.1, 0.15) is 18.7 Å². The number of halogens is 2. The lowest BCUT2D eigenvalue weighted by Crippen LogP contribution is -2.39. The highest BCUT2D eigenvalue weighted by Crippen LogP contribution is 2.26. The molecule has 19 heavy (non-hydrogen) atoms. The van der Waals surface area contributed by atoms with Crippen LogP contribution in [0.3, 0.4) is 0 Å². The maximum atomic E-state index is 13.3. The molecule has 3 nitrogen and oxygen atoms in total. The number of amides is 1. The summed E-state index contributed by atoms with van der Waals surface area (Å²) in [6, 6.07) is 3.78. The number of carbonyl (C=O) groups excluding carboxylic acids is 1. The Morgan fingerprint density at radius 1 is 1.47 bits per heavy atom. The van der Waals surface area contributed by atoms with Gasteiger partial charge in [-0.15, -0.1) is 0 Å². The lowest BCUT2D eigenvalue weighted by molar-refractivity contribution is -0.129. The van der Waals surface area contributed by atoms with Crippen LogP contribution >= 0.6 is 11.8 Å². The third-order valence-electron chi connectivity index (χ3n) is 3.15. The summed E-state index contributed by atoms with van der Waals surface area (Å²) in [5.41, 5.74) is 0.567. The van der Waals surface area contributed by atoms with E-state index < -0.39 is 11.6 Å². The first-order chi connectivity index (χ1) is 9.04. The number of nitrogens with one attached hydrogen (secondary N) is 1.